The molecular weight excluding hydrogens is 152 g/mol. The van der Waals surface area contributed by atoms with Crippen molar-refractivity contribution in [2.45, 2.75) is 12.8 Å². The Hall–Kier alpha value is -1.01. The number of rotatable bonds is 3. The Balaban J connectivity index is 2.12. The summed E-state index contributed by atoms with van der Waals surface area (Å²) in [6.45, 7) is 2.38. The number of hydrogen-bond acceptors (Lipinski definition) is 3. The highest BCUT2D eigenvalue weighted by Crippen LogP contribution is 2.06. The van der Waals surface area contributed by atoms with Gasteiger partial charge >= 0.3 is 0 Å². The number of piperidine rings is 1. The maximum atomic E-state index is 4.99. The molecule has 0 aromatic rings. The van der Waals surface area contributed by atoms with Gasteiger partial charge in [0.1, 0.15) is 0 Å². The molecule has 66 valence electrons. The van der Waals surface area contributed by atoms with Gasteiger partial charge in [0.15, 0.2) is 6.61 Å². The molecule has 1 rings (SSSR count). The number of nitrogens with zero attached hydrogens (tertiary/aromatic N) is 1. The van der Waals surface area contributed by atoms with E-state index in [9.17, 15) is 0 Å². The van der Waals surface area contributed by atoms with E-state index in [1.165, 1.54) is 12.8 Å². The molecule has 3 nitrogen and oxygen atoms in total. The van der Waals surface area contributed by atoms with Crippen LogP contribution in [0.3, 0.4) is 0 Å². The third-order valence-corrected chi connectivity index (χ3v) is 1.83. The molecule has 0 aliphatic carbocycles. The van der Waals surface area contributed by atoms with Crippen LogP contribution in [-0.2, 0) is 4.84 Å². The Morgan fingerprint density at radius 1 is 1.75 bits per heavy atom. The topological polar surface area (TPSA) is 33.6 Å². The highest BCUT2D eigenvalue weighted by molar-refractivity contribution is 5.60. The molecule has 1 saturated heterocycles. The molecule has 0 amide bonds. The molecule has 0 bridgehead atoms. The lowest BCUT2D eigenvalue weighted by molar-refractivity contribution is 0.179. The number of nitrogens with one attached hydrogen (secondary N) is 1. The van der Waals surface area contributed by atoms with E-state index >= 15 is 0 Å². The molecule has 0 aromatic heterocycles. The lowest BCUT2D eigenvalue weighted by atomic mass is 10.0. The highest BCUT2D eigenvalue weighted by atomic mass is 16.6. The van der Waals surface area contributed by atoms with Gasteiger partial charge in [0, 0.05) is 18.7 Å². The van der Waals surface area contributed by atoms with Gasteiger partial charge < -0.3 is 10.2 Å². The molecule has 1 aliphatic rings. The first-order valence-electron chi connectivity index (χ1n) is 4.23. The average Bonchev–Trinajstić information content (AvgIpc) is 2.14. The van der Waals surface area contributed by atoms with Crippen LogP contribution in [0.15, 0.2) is 5.16 Å². The number of terminal acetylenes is 1. The lowest BCUT2D eigenvalue weighted by Gasteiger charge is -2.18. The summed E-state index contributed by atoms with van der Waals surface area (Å²) in [5.74, 6) is 2.86. The molecule has 3 heteroatoms. The Bertz CT molecular complexity index is 177. The highest BCUT2D eigenvalue weighted by Gasteiger charge is 2.09. The van der Waals surface area contributed by atoms with Gasteiger partial charge in [-0.2, -0.15) is 0 Å². The molecule has 1 unspecified atom stereocenters. The van der Waals surface area contributed by atoms with Crippen molar-refractivity contribution in [2.24, 2.45) is 11.1 Å². The minimum absolute atomic E-state index is 0.261. The Kier molecular flexibility index (Phi) is 4.25. The fourth-order valence-corrected chi connectivity index (χ4v) is 1.21. The van der Waals surface area contributed by atoms with Crippen molar-refractivity contribution >= 4 is 6.21 Å². The SMILES string of the molecule is C#CCO/N=C/C1CCCNC1. The fourth-order valence-electron chi connectivity index (χ4n) is 1.21. The summed E-state index contributed by atoms with van der Waals surface area (Å²) < 4.78 is 0. The summed E-state index contributed by atoms with van der Waals surface area (Å²) in [5, 5.41) is 7.07. The summed E-state index contributed by atoms with van der Waals surface area (Å²) >= 11 is 0. The number of oxime groups is 1. The van der Waals surface area contributed by atoms with Crippen molar-refractivity contribution in [1.29, 1.82) is 0 Å². The summed E-state index contributed by atoms with van der Waals surface area (Å²) in [6, 6.07) is 0. The summed E-state index contributed by atoms with van der Waals surface area (Å²) in [4.78, 5) is 4.79. The van der Waals surface area contributed by atoms with Crippen LogP contribution in [0.2, 0.25) is 0 Å². The first-order chi connectivity index (χ1) is 5.93. The van der Waals surface area contributed by atoms with Crippen LogP contribution >= 0.6 is 0 Å². The molecule has 0 radical (unpaired) electrons. The molecule has 0 saturated carbocycles. The molecule has 0 aromatic carbocycles. The number of hydrogen-bond donors (Lipinski definition) is 1. The zero-order chi connectivity index (χ0) is 8.65. The van der Waals surface area contributed by atoms with Crippen molar-refractivity contribution in [3.8, 4) is 12.3 Å². The van der Waals surface area contributed by atoms with E-state index in [0.29, 0.717) is 5.92 Å². The van der Waals surface area contributed by atoms with E-state index in [4.69, 9.17) is 11.3 Å². The van der Waals surface area contributed by atoms with E-state index in [0.717, 1.165) is 13.1 Å². The third kappa shape index (κ3) is 3.40. The Morgan fingerprint density at radius 2 is 2.67 bits per heavy atom. The van der Waals surface area contributed by atoms with E-state index in [-0.39, 0.29) is 6.61 Å². The van der Waals surface area contributed by atoms with Crippen LogP contribution in [0.5, 0.6) is 0 Å². The largest absolute Gasteiger partial charge is 0.383 e. The quantitative estimate of drug-likeness (QED) is 0.288. The van der Waals surface area contributed by atoms with Crippen molar-refractivity contribution in [3.63, 3.8) is 0 Å². The Morgan fingerprint density at radius 3 is 3.33 bits per heavy atom. The van der Waals surface area contributed by atoms with Gasteiger partial charge in [-0.15, -0.1) is 6.42 Å². The molecule has 1 atom stereocenters. The average molecular weight is 166 g/mol. The van der Waals surface area contributed by atoms with Crippen LogP contribution in [-0.4, -0.2) is 25.9 Å². The van der Waals surface area contributed by atoms with Gasteiger partial charge in [-0.25, -0.2) is 0 Å². The van der Waals surface area contributed by atoms with Gasteiger partial charge in [0.05, 0.1) is 0 Å². The smallest absolute Gasteiger partial charge is 0.177 e. The van der Waals surface area contributed by atoms with Crippen molar-refractivity contribution in [2.75, 3.05) is 19.7 Å². The van der Waals surface area contributed by atoms with Gasteiger partial charge in [-0.05, 0) is 19.4 Å². The zero-order valence-electron chi connectivity index (χ0n) is 7.12. The molecule has 1 aliphatic heterocycles. The summed E-state index contributed by atoms with van der Waals surface area (Å²) in [6.07, 6.45) is 9.23. The zero-order valence-corrected chi connectivity index (χ0v) is 7.12. The predicted molar refractivity (Wildman–Crippen MR) is 48.9 cm³/mol. The van der Waals surface area contributed by atoms with Gasteiger partial charge in [0.2, 0.25) is 0 Å². The third-order valence-electron chi connectivity index (χ3n) is 1.83. The second kappa shape index (κ2) is 5.62. The van der Waals surface area contributed by atoms with Crippen LogP contribution in [0.4, 0.5) is 0 Å². The van der Waals surface area contributed by atoms with Crippen molar-refractivity contribution in [3.05, 3.63) is 0 Å². The molecule has 0 spiro atoms. The first-order valence-corrected chi connectivity index (χ1v) is 4.23. The van der Waals surface area contributed by atoms with Gasteiger partial charge in [-0.3, -0.25) is 0 Å². The molecule has 12 heavy (non-hydrogen) atoms. The normalized spacial score (nSPS) is 23.8. The van der Waals surface area contributed by atoms with E-state index in [1.54, 1.807) is 0 Å². The van der Waals surface area contributed by atoms with Crippen LogP contribution in [0.1, 0.15) is 12.8 Å². The maximum absolute atomic E-state index is 4.99. The van der Waals surface area contributed by atoms with Crippen molar-refractivity contribution < 1.29 is 4.84 Å². The van der Waals surface area contributed by atoms with E-state index in [1.807, 2.05) is 6.21 Å². The van der Waals surface area contributed by atoms with E-state index in [2.05, 4.69) is 16.4 Å². The fraction of sp³-hybridized carbons (Fsp3) is 0.667. The lowest BCUT2D eigenvalue weighted by Crippen LogP contribution is -2.30. The van der Waals surface area contributed by atoms with E-state index < -0.39 is 0 Å². The minimum Gasteiger partial charge on any atom is -0.383 e. The molecule has 1 heterocycles. The van der Waals surface area contributed by atoms with Crippen molar-refractivity contribution in [1.82, 2.24) is 5.32 Å². The molecule has 1 N–H and O–H groups in total. The minimum atomic E-state index is 0.261. The van der Waals surface area contributed by atoms with Crippen LogP contribution in [0.25, 0.3) is 0 Å². The monoisotopic (exact) mass is 166 g/mol. The second-order valence-electron chi connectivity index (χ2n) is 2.84. The summed E-state index contributed by atoms with van der Waals surface area (Å²) in [7, 11) is 0. The Labute approximate surface area is 73.2 Å². The van der Waals surface area contributed by atoms with Crippen LogP contribution < -0.4 is 5.32 Å². The predicted octanol–water partition coefficient (Wildman–Crippen LogP) is 0.622. The van der Waals surface area contributed by atoms with Gasteiger partial charge in [0.25, 0.3) is 0 Å². The van der Waals surface area contributed by atoms with Gasteiger partial charge in [-0.1, -0.05) is 11.1 Å². The maximum Gasteiger partial charge on any atom is 0.177 e. The molecular formula is C9H14N2O. The van der Waals surface area contributed by atoms with Crippen LogP contribution in [0, 0.1) is 18.3 Å². The molecule has 1 fully saturated rings. The first kappa shape index (κ1) is 9.08. The second-order valence-corrected chi connectivity index (χ2v) is 2.84. The standard InChI is InChI=1S/C9H14N2O/c1-2-6-12-11-8-9-4-3-5-10-7-9/h1,8-10H,3-7H2/b11-8+. The summed E-state index contributed by atoms with van der Waals surface area (Å²) in [5.41, 5.74) is 0.